The molecular weight excluding hydrogens is 243 g/mol. The zero-order chi connectivity index (χ0) is 13.4. The Kier molecular flexibility index (Phi) is 2.99. The summed E-state index contributed by atoms with van der Waals surface area (Å²) in [5, 5.41) is 10.2. The Morgan fingerprint density at radius 1 is 1.16 bits per heavy atom. The van der Waals surface area contributed by atoms with Gasteiger partial charge in [0.15, 0.2) is 0 Å². The lowest BCUT2D eigenvalue weighted by Crippen LogP contribution is -2.19. The second-order valence-electron chi connectivity index (χ2n) is 4.90. The Hall–Kier alpha value is -1.87. The van der Waals surface area contributed by atoms with E-state index in [1.165, 1.54) is 12.1 Å². The molecule has 0 spiro atoms. The van der Waals surface area contributed by atoms with E-state index in [-0.39, 0.29) is 11.9 Å². The van der Waals surface area contributed by atoms with Crippen LogP contribution < -0.4 is 4.74 Å². The summed E-state index contributed by atoms with van der Waals surface area (Å²) in [6.45, 7) is 1.86. The molecule has 1 N–H and O–H groups in total. The fourth-order valence-corrected chi connectivity index (χ4v) is 2.59. The molecule has 3 heteroatoms. The molecule has 1 aliphatic heterocycles. The number of ether oxygens (including phenoxy) is 1. The van der Waals surface area contributed by atoms with E-state index in [0.29, 0.717) is 12.2 Å². The third-order valence-electron chi connectivity index (χ3n) is 3.56. The molecule has 2 aromatic rings. The molecule has 3 rings (SSSR count). The Bertz CT molecular complexity index is 609. The number of halogens is 1. The minimum absolute atomic E-state index is 0.231. The first-order valence-corrected chi connectivity index (χ1v) is 6.35. The monoisotopic (exact) mass is 258 g/mol. The fourth-order valence-electron chi connectivity index (χ4n) is 2.59. The molecule has 1 heterocycles. The smallest absolute Gasteiger partial charge is 0.127 e. The summed E-state index contributed by atoms with van der Waals surface area (Å²) in [5.74, 6) is 0.452. The van der Waals surface area contributed by atoms with Gasteiger partial charge in [-0.15, -0.1) is 0 Å². The van der Waals surface area contributed by atoms with E-state index in [1.807, 2.05) is 31.2 Å². The van der Waals surface area contributed by atoms with Gasteiger partial charge in [-0.2, -0.15) is 0 Å². The van der Waals surface area contributed by atoms with Gasteiger partial charge in [0.2, 0.25) is 0 Å². The molecule has 0 aromatic heterocycles. The van der Waals surface area contributed by atoms with Crippen molar-refractivity contribution in [1.82, 2.24) is 0 Å². The number of hydrogen-bond acceptors (Lipinski definition) is 2. The van der Waals surface area contributed by atoms with Crippen molar-refractivity contribution >= 4 is 0 Å². The molecule has 19 heavy (non-hydrogen) atoms. The van der Waals surface area contributed by atoms with Crippen molar-refractivity contribution in [2.75, 3.05) is 0 Å². The van der Waals surface area contributed by atoms with Gasteiger partial charge in [-0.25, -0.2) is 4.39 Å². The zero-order valence-electron chi connectivity index (χ0n) is 10.6. The number of rotatable bonds is 1. The summed E-state index contributed by atoms with van der Waals surface area (Å²) < 4.78 is 19.1. The predicted molar refractivity (Wildman–Crippen MR) is 70.5 cm³/mol. The SMILES string of the molecule is Cc1cc(F)ccc1C1CC(O)c2ccccc2O1. The second-order valence-corrected chi connectivity index (χ2v) is 4.90. The van der Waals surface area contributed by atoms with Crippen LogP contribution in [0.1, 0.15) is 35.3 Å². The van der Waals surface area contributed by atoms with Crippen LogP contribution in [0.2, 0.25) is 0 Å². The van der Waals surface area contributed by atoms with Gasteiger partial charge in [0.25, 0.3) is 0 Å². The molecule has 0 aliphatic carbocycles. The van der Waals surface area contributed by atoms with Gasteiger partial charge in [-0.1, -0.05) is 24.3 Å². The van der Waals surface area contributed by atoms with Crippen LogP contribution in [0.3, 0.4) is 0 Å². The third-order valence-corrected chi connectivity index (χ3v) is 3.56. The van der Waals surface area contributed by atoms with Crippen LogP contribution in [0, 0.1) is 12.7 Å². The van der Waals surface area contributed by atoms with Crippen molar-refractivity contribution in [3.8, 4) is 5.75 Å². The highest BCUT2D eigenvalue weighted by Crippen LogP contribution is 2.41. The Morgan fingerprint density at radius 3 is 2.74 bits per heavy atom. The third kappa shape index (κ3) is 2.22. The first kappa shape index (κ1) is 12.2. The molecule has 1 aliphatic rings. The Balaban J connectivity index is 1.97. The number of para-hydroxylation sites is 1. The number of hydrogen-bond donors (Lipinski definition) is 1. The number of aliphatic hydroxyl groups is 1. The van der Waals surface area contributed by atoms with E-state index in [0.717, 1.165) is 16.7 Å². The minimum Gasteiger partial charge on any atom is -0.485 e. The van der Waals surface area contributed by atoms with Crippen molar-refractivity contribution in [2.45, 2.75) is 25.6 Å². The zero-order valence-corrected chi connectivity index (χ0v) is 10.6. The molecule has 2 atom stereocenters. The van der Waals surface area contributed by atoms with Gasteiger partial charge < -0.3 is 9.84 Å². The number of fused-ring (bicyclic) bond motifs is 1. The number of aryl methyl sites for hydroxylation is 1. The number of aliphatic hydroxyl groups excluding tert-OH is 1. The topological polar surface area (TPSA) is 29.5 Å². The van der Waals surface area contributed by atoms with Crippen molar-refractivity contribution in [2.24, 2.45) is 0 Å². The maximum absolute atomic E-state index is 13.1. The molecule has 2 aromatic carbocycles. The van der Waals surface area contributed by atoms with Crippen LogP contribution in [0.25, 0.3) is 0 Å². The molecule has 0 bridgehead atoms. The average molecular weight is 258 g/mol. The van der Waals surface area contributed by atoms with Crippen molar-refractivity contribution in [3.63, 3.8) is 0 Å². The van der Waals surface area contributed by atoms with Crippen LogP contribution in [-0.2, 0) is 0 Å². The summed E-state index contributed by atoms with van der Waals surface area (Å²) in [6.07, 6.45) is -0.284. The van der Waals surface area contributed by atoms with E-state index in [4.69, 9.17) is 4.74 Å². The maximum Gasteiger partial charge on any atom is 0.127 e. The highest BCUT2D eigenvalue weighted by atomic mass is 19.1. The van der Waals surface area contributed by atoms with Gasteiger partial charge in [-0.05, 0) is 36.2 Å². The molecule has 2 unspecified atom stereocenters. The van der Waals surface area contributed by atoms with Gasteiger partial charge in [0.1, 0.15) is 17.7 Å². The summed E-state index contributed by atoms with van der Waals surface area (Å²) in [7, 11) is 0. The van der Waals surface area contributed by atoms with E-state index in [1.54, 1.807) is 6.07 Å². The Labute approximate surface area is 111 Å². The molecule has 98 valence electrons. The summed E-state index contributed by atoms with van der Waals surface area (Å²) >= 11 is 0. The molecule has 2 nitrogen and oxygen atoms in total. The van der Waals surface area contributed by atoms with Gasteiger partial charge >= 0.3 is 0 Å². The lowest BCUT2D eigenvalue weighted by atomic mass is 9.93. The Morgan fingerprint density at radius 2 is 1.95 bits per heavy atom. The maximum atomic E-state index is 13.1. The quantitative estimate of drug-likeness (QED) is 0.845. The fraction of sp³-hybridized carbons (Fsp3) is 0.250. The standard InChI is InChI=1S/C16H15FO2/c1-10-8-11(17)6-7-12(10)16-9-14(18)13-4-2-3-5-15(13)19-16/h2-8,14,16,18H,9H2,1H3. The summed E-state index contributed by atoms with van der Waals surface area (Å²) in [4.78, 5) is 0. The molecule has 0 saturated heterocycles. The predicted octanol–water partition coefficient (Wildman–Crippen LogP) is 3.69. The second kappa shape index (κ2) is 4.67. The van der Waals surface area contributed by atoms with Crippen molar-refractivity contribution in [3.05, 3.63) is 65.0 Å². The van der Waals surface area contributed by atoms with Crippen LogP contribution in [0.15, 0.2) is 42.5 Å². The normalized spacial score (nSPS) is 21.6. The first-order valence-electron chi connectivity index (χ1n) is 6.35. The molecule has 0 fully saturated rings. The molecule has 0 amide bonds. The first-order chi connectivity index (χ1) is 9.15. The lowest BCUT2D eigenvalue weighted by Gasteiger charge is -2.30. The number of benzene rings is 2. The van der Waals surface area contributed by atoms with Crippen molar-refractivity contribution < 1.29 is 14.2 Å². The highest BCUT2D eigenvalue weighted by molar-refractivity contribution is 5.39. The summed E-state index contributed by atoms with van der Waals surface area (Å²) in [5.41, 5.74) is 2.59. The largest absolute Gasteiger partial charge is 0.485 e. The van der Waals surface area contributed by atoms with Gasteiger partial charge in [-0.3, -0.25) is 0 Å². The van der Waals surface area contributed by atoms with Gasteiger partial charge in [0, 0.05) is 12.0 Å². The van der Waals surface area contributed by atoms with E-state index >= 15 is 0 Å². The van der Waals surface area contributed by atoms with Crippen LogP contribution in [0.5, 0.6) is 5.75 Å². The highest BCUT2D eigenvalue weighted by Gasteiger charge is 2.28. The lowest BCUT2D eigenvalue weighted by molar-refractivity contribution is 0.0654. The van der Waals surface area contributed by atoms with Gasteiger partial charge in [0.05, 0.1) is 6.10 Å². The van der Waals surface area contributed by atoms with Crippen molar-refractivity contribution in [1.29, 1.82) is 0 Å². The van der Waals surface area contributed by atoms with E-state index in [9.17, 15) is 9.50 Å². The van der Waals surface area contributed by atoms with Crippen LogP contribution >= 0.6 is 0 Å². The van der Waals surface area contributed by atoms with E-state index < -0.39 is 6.10 Å². The molecule has 0 radical (unpaired) electrons. The van der Waals surface area contributed by atoms with E-state index in [2.05, 4.69) is 0 Å². The molecule has 0 saturated carbocycles. The van der Waals surface area contributed by atoms with Crippen LogP contribution in [-0.4, -0.2) is 5.11 Å². The van der Waals surface area contributed by atoms with Crippen LogP contribution in [0.4, 0.5) is 4.39 Å². The molecular formula is C16H15FO2. The summed E-state index contributed by atoms with van der Waals surface area (Å²) in [6, 6.07) is 12.1. The average Bonchev–Trinajstić information content (AvgIpc) is 2.38. The minimum atomic E-state index is -0.542.